The lowest BCUT2D eigenvalue weighted by molar-refractivity contribution is -0.143. The molecule has 0 radical (unpaired) electrons. The molecule has 0 fully saturated rings. The van der Waals surface area contributed by atoms with Gasteiger partial charge in [0.05, 0.1) is 6.61 Å². The van der Waals surface area contributed by atoms with Crippen molar-refractivity contribution in [2.45, 2.75) is 39.0 Å². The fourth-order valence-corrected chi connectivity index (χ4v) is 1.13. The number of nitrogens with one attached hydrogen (secondary N) is 1. The number of hydrogen-bond donors (Lipinski definition) is 1. The zero-order valence-corrected chi connectivity index (χ0v) is 9.66. The molecule has 0 aliphatic carbocycles. The Bertz CT molecular complexity index is 228. The van der Waals surface area contributed by atoms with E-state index in [0.29, 0.717) is 38.8 Å². The first-order valence-electron chi connectivity index (χ1n) is 5.56. The van der Waals surface area contributed by atoms with Crippen LogP contribution in [0.5, 0.6) is 0 Å². The van der Waals surface area contributed by atoms with E-state index in [4.69, 9.17) is 4.74 Å². The van der Waals surface area contributed by atoms with Crippen molar-refractivity contribution in [2.24, 2.45) is 0 Å². The minimum absolute atomic E-state index is 0.0878. The van der Waals surface area contributed by atoms with Crippen molar-refractivity contribution in [1.29, 1.82) is 0 Å². The first kappa shape index (κ1) is 14.6. The lowest BCUT2D eigenvalue weighted by Crippen LogP contribution is -2.24. The molecule has 0 saturated heterocycles. The Morgan fingerprint density at radius 3 is 2.62 bits per heavy atom. The molecule has 0 spiro atoms. The van der Waals surface area contributed by atoms with Crippen LogP contribution in [0.1, 0.15) is 39.0 Å². The number of carbonyl (C=O) groups is 3. The van der Waals surface area contributed by atoms with Crippen molar-refractivity contribution in [3.05, 3.63) is 0 Å². The van der Waals surface area contributed by atoms with Crippen LogP contribution in [-0.4, -0.2) is 31.3 Å². The summed E-state index contributed by atoms with van der Waals surface area (Å²) in [6, 6.07) is 0. The van der Waals surface area contributed by atoms with E-state index < -0.39 is 0 Å². The maximum atomic E-state index is 11.2. The third-order valence-corrected chi connectivity index (χ3v) is 1.91. The summed E-state index contributed by atoms with van der Waals surface area (Å²) < 4.78 is 4.73. The van der Waals surface area contributed by atoms with Gasteiger partial charge in [-0.2, -0.15) is 0 Å². The van der Waals surface area contributed by atoms with E-state index in [1.165, 1.54) is 0 Å². The maximum Gasteiger partial charge on any atom is 0.305 e. The van der Waals surface area contributed by atoms with E-state index in [-0.39, 0.29) is 18.3 Å². The van der Waals surface area contributed by atoms with E-state index in [1.54, 1.807) is 6.92 Å². The molecule has 0 heterocycles. The molecule has 1 N–H and O–H groups in total. The molecule has 0 aliphatic heterocycles. The predicted molar refractivity (Wildman–Crippen MR) is 58.8 cm³/mol. The van der Waals surface area contributed by atoms with E-state index in [9.17, 15) is 14.4 Å². The standard InChI is InChI=1S/C11H19NO4/c1-2-16-11(15)7-5-6-10(14)12-8-3-4-9-13/h9H,2-8H2,1H3,(H,12,14). The Morgan fingerprint density at radius 1 is 1.25 bits per heavy atom. The number of hydrogen-bond acceptors (Lipinski definition) is 4. The molecule has 0 aromatic rings. The van der Waals surface area contributed by atoms with Crippen molar-refractivity contribution in [2.75, 3.05) is 13.2 Å². The molecule has 0 saturated carbocycles. The average Bonchev–Trinajstić information content (AvgIpc) is 2.25. The Hall–Kier alpha value is -1.39. The molecule has 0 unspecified atom stereocenters. The van der Waals surface area contributed by atoms with Gasteiger partial charge in [-0.15, -0.1) is 0 Å². The topological polar surface area (TPSA) is 72.5 Å². The van der Waals surface area contributed by atoms with Crippen molar-refractivity contribution in [1.82, 2.24) is 5.32 Å². The van der Waals surface area contributed by atoms with Gasteiger partial charge in [0.25, 0.3) is 0 Å². The Labute approximate surface area is 95.5 Å². The molecule has 5 nitrogen and oxygen atoms in total. The summed E-state index contributed by atoms with van der Waals surface area (Å²) >= 11 is 0. The van der Waals surface area contributed by atoms with E-state index >= 15 is 0 Å². The first-order valence-corrected chi connectivity index (χ1v) is 5.56. The molecule has 1 amide bonds. The highest BCUT2D eigenvalue weighted by atomic mass is 16.5. The Morgan fingerprint density at radius 2 is 2.00 bits per heavy atom. The zero-order chi connectivity index (χ0) is 12.2. The lowest BCUT2D eigenvalue weighted by atomic mass is 10.2. The van der Waals surface area contributed by atoms with Gasteiger partial charge in [-0.1, -0.05) is 0 Å². The number of amides is 1. The van der Waals surface area contributed by atoms with Crippen LogP contribution < -0.4 is 5.32 Å². The second-order valence-electron chi connectivity index (χ2n) is 3.32. The highest BCUT2D eigenvalue weighted by Crippen LogP contribution is 1.97. The van der Waals surface area contributed by atoms with Crippen molar-refractivity contribution in [3.8, 4) is 0 Å². The Kier molecular flexibility index (Phi) is 9.26. The van der Waals surface area contributed by atoms with Gasteiger partial charge in [0.1, 0.15) is 6.29 Å². The van der Waals surface area contributed by atoms with Gasteiger partial charge in [-0.3, -0.25) is 9.59 Å². The zero-order valence-electron chi connectivity index (χ0n) is 9.66. The number of esters is 1. The highest BCUT2D eigenvalue weighted by Gasteiger charge is 2.04. The SMILES string of the molecule is CCOC(=O)CCCC(=O)NCCCC=O. The molecule has 0 aromatic heterocycles. The van der Waals surface area contributed by atoms with Crippen LogP contribution in [0, 0.1) is 0 Å². The summed E-state index contributed by atoms with van der Waals surface area (Å²) in [6.45, 7) is 2.63. The molecular weight excluding hydrogens is 210 g/mol. The third-order valence-electron chi connectivity index (χ3n) is 1.91. The van der Waals surface area contributed by atoms with Crippen LogP contribution >= 0.6 is 0 Å². The number of carbonyl (C=O) groups excluding carboxylic acids is 3. The van der Waals surface area contributed by atoms with Crippen molar-refractivity contribution >= 4 is 18.2 Å². The molecule has 0 aromatic carbocycles. The van der Waals surface area contributed by atoms with Gasteiger partial charge >= 0.3 is 5.97 Å². The van der Waals surface area contributed by atoms with Gasteiger partial charge in [0.15, 0.2) is 0 Å². The second kappa shape index (κ2) is 10.1. The number of rotatable bonds is 9. The summed E-state index contributed by atoms with van der Waals surface area (Å²) in [5, 5.41) is 2.67. The average molecular weight is 229 g/mol. The number of ether oxygens (including phenoxy) is 1. The summed E-state index contributed by atoms with van der Waals surface area (Å²) in [5.74, 6) is -0.355. The van der Waals surface area contributed by atoms with E-state index in [0.717, 1.165) is 6.29 Å². The number of unbranched alkanes of at least 4 members (excludes halogenated alkanes) is 1. The number of aldehydes is 1. The molecule has 0 atom stereocenters. The quantitative estimate of drug-likeness (QED) is 0.361. The fourth-order valence-electron chi connectivity index (χ4n) is 1.13. The second-order valence-corrected chi connectivity index (χ2v) is 3.32. The highest BCUT2D eigenvalue weighted by molar-refractivity contribution is 5.76. The Balaban J connectivity index is 3.36. The van der Waals surface area contributed by atoms with Crippen LogP contribution in [0.2, 0.25) is 0 Å². The molecule has 0 aliphatic rings. The smallest absolute Gasteiger partial charge is 0.305 e. The van der Waals surface area contributed by atoms with Gasteiger partial charge in [-0.25, -0.2) is 0 Å². The van der Waals surface area contributed by atoms with Crippen LogP contribution in [0.3, 0.4) is 0 Å². The van der Waals surface area contributed by atoms with Gasteiger partial charge in [-0.05, 0) is 19.8 Å². The predicted octanol–water partition coefficient (Wildman–Crippen LogP) is 0.815. The summed E-state index contributed by atoms with van der Waals surface area (Å²) in [4.78, 5) is 32.1. The minimum atomic E-state index is -0.267. The van der Waals surface area contributed by atoms with Crippen LogP contribution in [-0.2, 0) is 19.1 Å². The van der Waals surface area contributed by atoms with Crippen LogP contribution in [0.25, 0.3) is 0 Å². The van der Waals surface area contributed by atoms with Gasteiger partial charge < -0.3 is 14.8 Å². The van der Waals surface area contributed by atoms with Crippen molar-refractivity contribution in [3.63, 3.8) is 0 Å². The maximum absolute atomic E-state index is 11.2. The largest absolute Gasteiger partial charge is 0.466 e. The molecule has 92 valence electrons. The summed E-state index contributed by atoms with van der Waals surface area (Å²) in [7, 11) is 0. The first-order chi connectivity index (χ1) is 7.70. The van der Waals surface area contributed by atoms with Gasteiger partial charge in [0, 0.05) is 25.8 Å². The molecule has 0 rings (SSSR count). The molecule has 16 heavy (non-hydrogen) atoms. The van der Waals surface area contributed by atoms with Crippen LogP contribution in [0.15, 0.2) is 0 Å². The van der Waals surface area contributed by atoms with E-state index in [2.05, 4.69) is 5.32 Å². The fraction of sp³-hybridized carbons (Fsp3) is 0.727. The minimum Gasteiger partial charge on any atom is -0.466 e. The van der Waals surface area contributed by atoms with Crippen molar-refractivity contribution < 1.29 is 19.1 Å². The summed E-state index contributed by atoms with van der Waals surface area (Å²) in [6.07, 6.45) is 3.04. The molecular formula is C11H19NO4. The van der Waals surface area contributed by atoms with E-state index in [1.807, 2.05) is 0 Å². The molecule has 5 heteroatoms. The van der Waals surface area contributed by atoms with Crippen LogP contribution in [0.4, 0.5) is 0 Å². The van der Waals surface area contributed by atoms with Gasteiger partial charge in [0.2, 0.25) is 5.91 Å². The lowest BCUT2D eigenvalue weighted by Gasteiger charge is -2.03. The third kappa shape index (κ3) is 9.18. The molecule has 0 bridgehead atoms. The normalized spacial score (nSPS) is 9.56. The monoisotopic (exact) mass is 229 g/mol. The summed E-state index contributed by atoms with van der Waals surface area (Å²) in [5.41, 5.74) is 0.